The Labute approximate surface area is 275 Å². The first-order valence-electron chi connectivity index (χ1n) is 15.1. The smallest absolute Gasteiger partial charge is 0.253 e. The van der Waals surface area contributed by atoms with E-state index >= 15 is 0 Å². The summed E-state index contributed by atoms with van der Waals surface area (Å²) in [4.78, 5) is 60.4. The topological polar surface area (TPSA) is 81.2 Å². The number of carbonyl (C=O) groups is 4. The van der Waals surface area contributed by atoms with Crippen LogP contribution in [0.4, 0.5) is 11.4 Å². The van der Waals surface area contributed by atoms with Gasteiger partial charge in [-0.15, -0.1) is 0 Å². The van der Waals surface area contributed by atoms with Gasteiger partial charge < -0.3 is 0 Å². The van der Waals surface area contributed by atoms with Crippen LogP contribution in [0.25, 0.3) is 0 Å². The van der Waals surface area contributed by atoms with Crippen LogP contribution >= 0.6 is 23.2 Å². The quantitative estimate of drug-likeness (QED) is 0.250. The zero-order valence-corrected chi connectivity index (χ0v) is 26.4. The third-order valence-corrected chi connectivity index (χ3v) is 10.2. The molecule has 4 aliphatic heterocycles. The summed E-state index contributed by atoms with van der Waals surface area (Å²) < 4.78 is 0. The van der Waals surface area contributed by atoms with Gasteiger partial charge in [-0.2, -0.15) is 0 Å². The second kappa shape index (κ2) is 10.6. The number of hydrazine groups is 1. The molecule has 8 rings (SSSR count). The van der Waals surface area contributed by atoms with Gasteiger partial charge in [0.1, 0.15) is 12.1 Å². The average molecular weight is 652 g/mol. The highest BCUT2D eigenvalue weighted by Crippen LogP contribution is 2.59. The van der Waals surface area contributed by atoms with Gasteiger partial charge >= 0.3 is 0 Å². The maximum atomic E-state index is 14.5. The minimum atomic E-state index is -0.950. The molecule has 4 saturated heterocycles. The predicted molar refractivity (Wildman–Crippen MR) is 174 cm³/mol. The number of aryl methyl sites for hydroxylation is 2. The SMILES string of the molecule is Cc1ccc(N2C(=O)C3C(C2=O)N2C(c4ccc(Cl)cc4)C4C(=O)N(c5ccc(C)cc5)C(=O)C4N2C3c2ccc(Cl)cc2)cc1. The molecule has 4 aromatic rings. The summed E-state index contributed by atoms with van der Waals surface area (Å²) in [5, 5.41) is 4.72. The molecule has 46 heavy (non-hydrogen) atoms. The number of imide groups is 2. The maximum Gasteiger partial charge on any atom is 0.253 e. The van der Waals surface area contributed by atoms with Crippen molar-refractivity contribution in [3.63, 3.8) is 0 Å². The highest BCUT2D eigenvalue weighted by atomic mass is 35.5. The Hall–Kier alpha value is -4.34. The number of hydrogen-bond donors (Lipinski definition) is 0. The minimum Gasteiger partial charge on any atom is -0.274 e. The van der Waals surface area contributed by atoms with Gasteiger partial charge in [-0.3, -0.25) is 19.2 Å². The Bertz CT molecular complexity index is 1770. The minimum absolute atomic E-state index is 0.355. The van der Waals surface area contributed by atoms with E-state index in [1.165, 1.54) is 9.80 Å². The van der Waals surface area contributed by atoms with E-state index in [9.17, 15) is 19.2 Å². The first kappa shape index (κ1) is 29.1. The molecule has 0 spiro atoms. The molecule has 8 nitrogen and oxygen atoms in total. The van der Waals surface area contributed by atoms with Crippen molar-refractivity contribution in [2.45, 2.75) is 38.0 Å². The van der Waals surface area contributed by atoms with Crippen molar-refractivity contribution in [3.8, 4) is 0 Å². The number of fused-ring (bicyclic) bond motifs is 5. The Morgan fingerprint density at radius 1 is 0.435 bits per heavy atom. The molecular formula is C36H28Cl2N4O4. The fourth-order valence-electron chi connectivity index (χ4n) is 7.71. The van der Waals surface area contributed by atoms with Crippen molar-refractivity contribution >= 4 is 58.2 Å². The summed E-state index contributed by atoms with van der Waals surface area (Å²) in [6, 6.07) is 25.4. The van der Waals surface area contributed by atoms with Crippen molar-refractivity contribution in [1.82, 2.24) is 10.0 Å². The lowest BCUT2D eigenvalue weighted by molar-refractivity contribution is -0.136. The van der Waals surface area contributed by atoms with Crippen LogP contribution in [0.5, 0.6) is 0 Å². The van der Waals surface area contributed by atoms with Gasteiger partial charge in [0.2, 0.25) is 11.8 Å². The van der Waals surface area contributed by atoms with Crippen LogP contribution in [0, 0.1) is 25.7 Å². The predicted octanol–water partition coefficient (Wildman–Crippen LogP) is 6.06. The van der Waals surface area contributed by atoms with Crippen LogP contribution in [-0.2, 0) is 19.2 Å². The van der Waals surface area contributed by atoms with E-state index in [1.807, 2.05) is 72.4 Å². The number of nitrogens with zero attached hydrogens (tertiary/aromatic N) is 4. The van der Waals surface area contributed by atoms with Crippen LogP contribution in [0.1, 0.15) is 34.3 Å². The van der Waals surface area contributed by atoms with E-state index in [2.05, 4.69) is 0 Å². The van der Waals surface area contributed by atoms with Crippen LogP contribution in [0.3, 0.4) is 0 Å². The van der Waals surface area contributed by atoms with E-state index < -0.39 is 47.8 Å². The highest BCUT2D eigenvalue weighted by molar-refractivity contribution is 6.31. The average Bonchev–Trinajstić information content (AvgIpc) is 3.71. The number of anilines is 2. The van der Waals surface area contributed by atoms with Gasteiger partial charge in [0, 0.05) is 10.0 Å². The summed E-state index contributed by atoms with van der Waals surface area (Å²) in [6.45, 7) is 3.88. The molecule has 4 fully saturated rings. The van der Waals surface area contributed by atoms with Crippen LogP contribution < -0.4 is 9.80 Å². The zero-order valence-electron chi connectivity index (χ0n) is 24.9. The van der Waals surface area contributed by atoms with Gasteiger partial charge in [0.15, 0.2) is 0 Å². The molecule has 6 atom stereocenters. The highest BCUT2D eigenvalue weighted by Gasteiger charge is 2.73. The lowest BCUT2D eigenvalue weighted by Gasteiger charge is -2.35. The largest absolute Gasteiger partial charge is 0.274 e. The number of halogens is 2. The lowest BCUT2D eigenvalue weighted by Crippen LogP contribution is -2.50. The molecular weight excluding hydrogens is 623 g/mol. The third kappa shape index (κ3) is 4.14. The second-order valence-corrected chi connectivity index (χ2v) is 13.3. The Balaban J connectivity index is 1.32. The van der Waals surface area contributed by atoms with Gasteiger partial charge in [0.05, 0.1) is 35.3 Å². The normalized spacial score (nSPS) is 27.5. The summed E-state index contributed by atoms with van der Waals surface area (Å²) in [5.74, 6) is -3.19. The molecule has 0 radical (unpaired) electrons. The fourth-order valence-corrected chi connectivity index (χ4v) is 7.97. The first-order chi connectivity index (χ1) is 22.2. The number of rotatable bonds is 4. The molecule has 0 saturated carbocycles. The van der Waals surface area contributed by atoms with E-state index in [1.54, 1.807) is 48.5 Å². The molecule has 4 amide bonds. The van der Waals surface area contributed by atoms with Crippen molar-refractivity contribution in [1.29, 1.82) is 0 Å². The first-order valence-corrected chi connectivity index (χ1v) is 15.9. The fraction of sp³-hybridized carbons (Fsp3) is 0.222. The van der Waals surface area contributed by atoms with Crippen LogP contribution in [0.15, 0.2) is 97.1 Å². The van der Waals surface area contributed by atoms with Gasteiger partial charge in [0.25, 0.3) is 11.8 Å². The number of hydrogen-bond acceptors (Lipinski definition) is 6. The molecule has 0 bridgehead atoms. The van der Waals surface area contributed by atoms with Crippen LogP contribution in [-0.4, -0.2) is 45.7 Å². The summed E-state index contributed by atoms with van der Waals surface area (Å²) in [5.41, 5.74) is 4.40. The molecule has 4 heterocycles. The molecule has 0 aliphatic carbocycles. The third-order valence-electron chi connectivity index (χ3n) is 9.73. The number of carbonyl (C=O) groups excluding carboxylic acids is 4. The summed E-state index contributed by atoms with van der Waals surface area (Å²) >= 11 is 12.6. The molecule has 6 unspecified atom stereocenters. The molecule has 230 valence electrons. The zero-order chi connectivity index (χ0) is 32.0. The standard InChI is InChI=1S/C36H28Cl2N4O4/c1-19-3-15-25(16-4-19)39-33(43)27-29(21-7-11-23(37)12-8-21)42-32-28(34(44)40(36(32)46)26-17-5-20(2)6-18-26)30(41(42)31(27)35(39)45)22-9-13-24(38)14-10-22/h3-18,27-32H,1-2H3. The molecule has 4 aliphatic rings. The van der Waals surface area contributed by atoms with E-state index in [-0.39, 0.29) is 11.8 Å². The Morgan fingerprint density at radius 2 is 0.761 bits per heavy atom. The lowest BCUT2D eigenvalue weighted by atomic mass is 9.84. The summed E-state index contributed by atoms with van der Waals surface area (Å²) in [6.07, 6.45) is 0. The Morgan fingerprint density at radius 3 is 1.09 bits per heavy atom. The van der Waals surface area contributed by atoms with Crippen LogP contribution in [0.2, 0.25) is 10.0 Å². The monoisotopic (exact) mass is 650 g/mol. The van der Waals surface area contributed by atoms with Gasteiger partial charge in [-0.25, -0.2) is 19.8 Å². The van der Waals surface area contributed by atoms with E-state index in [4.69, 9.17) is 23.2 Å². The maximum absolute atomic E-state index is 14.5. The number of amides is 4. The van der Waals surface area contributed by atoms with Crippen molar-refractivity contribution < 1.29 is 19.2 Å². The molecule has 4 aromatic carbocycles. The van der Waals surface area contributed by atoms with Crippen molar-refractivity contribution in [2.75, 3.05) is 9.80 Å². The molecule has 0 N–H and O–H groups in total. The molecule has 10 heteroatoms. The van der Waals surface area contributed by atoms with E-state index in [0.717, 1.165) is 22.3 Å². The number of benzene rings is 4. The summed E-state index contributed by atoms with van der Waals surface area (Å²) in [7, 11) is 0. The second-order valence-electron chi connectivity index (χ2n) is 12.4. The Kier molecular flexibility index (Phi) is 6.71. The van der Waals surface area contributed by atoms with Crippen molar-refractivity contribution in [2.24, 2.45) is 11.8 Å². The van der Waals surface area contributed by atoms with Gasteiger partial charge in [-0.1, -0.05) is 82.9 Å². The van der Waals surface area contributed by atoms with E-state index in [0.29, 0.717) is 21.4 Å². The van der Waals surface area contributed by atoms with Gasteiger partial charge in [-0.05, 0) is 73.5 Å². The molecule has 0 aromatic heterocycles. The van der Waals surface area contributed by atoms with Crippen molar-refractivity contribution in [3.05, 3.63) is 129 Å².